The lowest BCUT2D eigenvalue weighted by Crippen LogP contribution is -2.27. The van der Waals surface area contributed by atoms with E-state index in [1.54, 1.807) is 6.20 Å². The zero-order valence-electron chi connectivity index (χ0n) is 14.7. The van der Waals surface area contributed by atoms with Crippen molar-refractivity contribution in [3.63, 3.8) is 0 Å². The van der Waals surface area contributed by atoms with Crippen LogP contribution in [-0.2, 0) is 11.3 Å². The molecule has 2 aromatic rings. The smallest absolute Gasteiger partial charge is 0.412 e. The molecule has 5 heteroatoms. The predicted molar refractivity (Wildman–Crippen MR) is 97.3 cm³/mol. The summed E-state index contributed by atoms with van der Waals surface area (Å²) in [6.07, 6.45) is 1.17. The molecule has 2 rings (SSSR count). The standard InChI is InChI=1S/C19H25N3O2/c1-5-22(14-15-9-7-6-8-10-15)17-12-11-16(13-20-17)21-18(23)24-19(2,3)4/h6-13H,5,14H2,1-4H3,(H,21,23). The van der Waals surface area contributed by atoms with E-state index in [9.17, 15) is 4.79 Å². The summed E-state index contributed by atoms with van der Waals surface area (Å²) in [5.41, 5.74) is 1.33. The fraction of sp³-hybridized carbons (Fsp3) is 0.368. The van der Waals surface area contributed by atoms with Gasteiger partial charge in [-0.3, -0.25) is 5.32 Å². The van der Waals surface area contributed by atoms with Gasteiger partial charge in [-0.15, -0.1) is 0 Å². The molecule has 128 valence electrons. The molecule has 0 bridgehead atoms. The number of ether oxygens (including phenoxy) is 1. The largest absolute Gasteiger partial charge is 0.444 e. The highest BCUT2D eigenvalue weighted by atomic mass is 16.6. The van der Waals surface area contributed by atoms with Crippen LogP contribution in [0.2, 0.25) is 0 Å². The number of hydrogen-bond acceptors (Lipinski definition) is 4. The van der Waals surface area contributed by atoms with Gasteiger partial charge < -0.3 is 9.64 Å². The van der Waals surface area contributed by atoms with Gasteiger partial charge in [-0.2, -0.15) is 0 Å². The first kappa shape index (κ1) is 17.8. The van der Waals surface area contributed by atoms with Crippen LogP contribution < -0.4 is 10.2 Å². The average Bonchev–Trinajstić information content (AvgIpc) is 2.52. The fourth-order valence-corrected chi connectivity index (χ4v) is 2.23. The van der Waals surface area contributed by atoms with Crippen molar-refractivity contribution >= 4 is 17.6 Å². The Morgan fingerprint density at radius 2 is 1.88 bits per heavy atom. The minimum atomic E-state index is -0.522. The molecule has 0 atom stereocenters. The molecule has 0 fully saturated rings. The van der Waals surface area contributed by atoms with Crippen LogP contribution in [0.1, 0.15) is 33.3 Å². The lowest BCUT2D eigenvalue weighted by Gasteiger charge is -2.22. The normalized spacial score (nSPS) is 11.0. The number of aromatic nitrogens is 1. The Hall–Kier alpha value is -2.56. The van der Waals surface area contributed by atoms with E-state index >= 15 is 0 Å². The van der Waals surface area contributed by atoms with Gasteiger partial charge in [0.15, 0.2) is 0 Å². The molecule has 0 unspecified atom stereocenters. The summed E-state index contributed by atoms with van der Waals surface area (Å²) in [7, 11) is 0. The minimum absolute atomic E-state index is 0.478. The van der Waals surface area contributed by atoms with Crippen molar-refractivity contribution in [1.82, 2.24) is 4.98 Å². The van der Waals surface area contributed by atoms with E-state index in [-0.39, 0.29) is 0 Å². The number of nitrogens with zero attached hydrogens (tertiary/aromatic N) is 2. The van der Waals surface area contributed by atoms with E-state index in [4.69, 9.17) is 4.74 Å². The lowest BCUT2D eigenvalue weighted by atomic mass is 10.2. The SMILES string of the molecule is CCN(Cc1ccccc1)c1ccc(NC(=O)OC(C)(C)C)cn1. The maximum Gasteiger partial charge on any atom is 0.412 e. The van der Waals surface area contributed by atoms with Crippen molar-refractivity contribution in [3.05, 3.63) is 54.2 Å². The summed E-state index contributed by atoms with van der Waals surface area (Å²) in [5, 5.41) is 2.69. The zero-order valence-corrected chi connectivity index (χ0v) is 14.7. The Bertz CT molecular complexity index is 649. The van der Waals surface area contributed by atoms with Crippen LogP contribution in [0.3, 0.4) is 0 Å². The molecule has 1 aromatic carbocycles. The Balaban J connectivity index is 2.00. The van der Waals surface area contributed by atoms with Crippen LogP contribution in [0.5, 0.6) is 0 Å². The molecule has 1 aromatic heterocycles. The highest BCUT2D eigenvalue weighted by Crippen LogP contribution is 2.17. The van der Waals surface area contributed by atoms with Gasteiger partial charge in [0.05, 0.1) is 11.9 Å². The molecule has 1 heterocycles. The maximum absolute atomic E-state index is 11.8. The van der Waals surface area contributed by atoms with E-state index in [2.05, 4.69) is 34.3 Å². The molecule has 0 aliphatic heterocycles. The number of nitrogens with one attached hydrogen (secondary N) is 1. The van der Waals surface area contributed by atoms with Gasteiger partial charge in [-0.05, 0) is 45.4 Å². The van der Waals surface area contributed by atoms with Crippen molar-refractivity contribution in [3.8, 4) is 0 Å². The second-order valence-corrected chi connectivity index (χ2v) is 6.53. The predicted octanol–water partition coefficient (Wildman–Crippen LogP) is 4.46. The van der Waals surface area contributed by atoms with Gasteiger partial charge in [0.2, 0.25) is 0 Å². The van der Waals surface area contributed by atoms with Crippen LogP contribution in [-0.4, -0.2) is 23.2 Å². The summed E-state index contributed by atoms with van der Waals surface area (Å²) < 4.78 is 5.23. The number of hydrogen-bond donors (Lipinski definition) is 1. The van der Waals surface area contributed by atoms with Crippen molar-refractivity contribution in [1.29, 1.82) is 0 Å². The zero-order chi connectivity index (χ0) is 17.6. The summed E-state index contributed by atoms with van der Waals surface area (Å²) >= 11 is 0. The summed E-state index contributed by atoms with van der Waals surface area (Å²) in [6.45, 7) is 9.23. The highest BCUT2D eigenvalue weighted by Gasteiger charge is 2.16. The molecule has 5 nitrogen and oxygen atoms in total. The number of pyridine rings is 1. The molecule has 0 saturated carbocycles. The fourth-order valence-electron chi connectivity index (χ4n) is 2.23. The highest BCUT2D eigenvalue weighted by molar-refractivity contribution is 5.84. The Labute approximate surface area is 143 Å². The lowest BCUT2D eigenvalue weighted by molar-refractivity contribution is 0.0636. The summed E-state index contributed by atoms with van der Waals surface area (Å²) in [5.74, 6) is 0.871. The molecule has 0 aliphatic rings. The van der Waals surface area contributed by atoms with Crippen molar-refractivity contribution in [2.24, 2.45) is 0 Å². The number of carbonyl (C=O) groups excluding carboxylic acids is 1. The third-order valence-corrected chi connectivity index (χ3v) is 3.32. The van der Waals surface area contributed by atoms with Crippen LogP contribution in [0.4, 0.5) is 16.3 Å². The van der Waals surface area contributed by atoms with Crippen LogP contribution in [0, 0.1) is 0 Å². The van der Waals surface area contributed by atoms with Crippen molar-refractivity contribution in [2.45, 2.75) is 39.8 Å². The third kappa shape index (κ3) is 5.57. The van der Waals surface area contributed by atoms with Crippen LogP contribution in [0.25, 0.3) is 0 Å². The molecule has 0 aliphatic carbocycles. The third-order valence-electron chi connectivity index (χ3n) is 3.32. The topological polar surface area (TPSA) is 54.5 Å². The second-order valence-electron chi connectivity index (χ2n) is 6.53. The minimum Gasteiger partial charge on any atom is -0.444 e. The van der Waals surface area contributed by atoms with E-state index in [0.717, 1.165) is 18.9 Å². The van der Waals surface area contributed by atoms with Gasteiger partial charge in [0.25, 0.3) is 0 Å². The molecule has 0 spiro atoms. The Morgan fingerprint density at radius 1 is 1.17 bits per heavy atom. The molecule has 0 saturated heterocycles. The number of rotatable bonds is 5. The first-order chi connectivity index (χ1) is 11.4. The Kier molecular flexibility index (Phi) is 5.79. The van der Waals surface area contributed by atoms with Gasteiger partial charge in [0.1, 0.15) is 11.4 Å². The van der Waals surface area contributed by atoms with Crippen molar-refractivity contribution < 1.29 is 9.53 Å². The van der Waals surface area contributed by atoms with Gasteiger partial charge in [-0.25, -0.2) is 9.78 Å². The van der Waals surface area contributed by atoms with E-state index in [1.807, 2.05) is 51.1 Å². The van der Waals surface area contributed by atoms with Crippen molar-refractivity contribution in [2.75, 3.05) is 16.8 Å². The van der Waals surface area contributed by atoms with Gasteiger partial charge in [-0.1, -0.05) is 30.3 Å². The van der Waals surface area contributed by atoms with Gasteiger partial charge >= 0.3 is 6.09 Å². The first-order valence-corrected chi connectivity index (χ1v) is 8.12. The number of benzene rings is 1. The molecule has 1 N–H and O–H groups in total. The molecular formula is C19H25N3O2. The number of carbonyl (C=O) groups is 1. The summed E-state index contributed by atoms with van der Waals surface area (Å²) in [4.78, 5) is 18.4. The molecule has 1 amide bonds. The molecule has 0 radical (unpaired) electrons. The van der Waals surface area contributed by atoms with Crippen LogP contribution in [0.15, 0.2) is 48.7 Å². The first-order valence-electron chi connectivity index (χ1n) is 8.12. The maximum atomic E-state index is 11.8. The van der Waals surface area contributed by atoms with E-state index in [1.165, 1.54) is 5.56 Å². The number of anilines is 2. The Morgan fingerprint density at radius 3 is 2.42 bits per heavy atom. The average molecular weight is 327 g/mol. The molecular weight excluding hydrogens is 302 g/mol. The van der Waals surface area contributed by atoms with Crippen LogP contribution >= 0.6 is 0 Å². The second kappa shape index (κ2) is 7.81. The van der Waals surface area contributed by atoms with E-state index in [0.29, 0.717) is 5.69 Å². The number of amides is 1. The van der Waals surface area contributed by atoms with Gasteiger partial charge in [0, 0.05) is 13.1 Å². The molecule has 24 heavy (non-hydrogen) atoms. The monoisotopic (exact) mass is 327 g/mol. The quantitative estimate of drug-likeness (QED) is 0.881. The van der Waals surface area contributed by atoms with E-state index < -0.39 is 11.7 Å². The summed E-state index contributed by atoms with van der Waals surface area (Å²) in [6, 6.07) is 14.0.